The van der Waals surface area contributed by atoms with Crippen LogP contribution in [-0.4, -0.2) is 93.1 Å². The molecule has 4 amide bonds. The lowest BCUT2D eigenvalue weighted by Crippen LogP contribution is -2.56. The Bertz CT molecular complexity index is 562. The summed E-state index contributed by atoms with van der Waals surface area (Å²) in [5, 5.41) is 5.13. The molecular formula is C18H32N4O7. The second-order valence-electron chi connectivity index (χ2n) is 6.85. The van der Waals surface area contributed by atoms with Crippen molar-refractivity contribution in [2.45, 2.75) is 45.3 Å². The van der Waals surface area contributed by atoms with Crippen LogP contribution < -0.4 is 10.6 Å². The van der Waals surface area contributed by atoms with Crippen molar-refractivity contribution in [3.05, 3.63) is 0 Å². The van der Waals surface area contributed by atoms with Gasteiger partial charge >= 0.3 is 18.3 Å². The van der Waals surface area contributed by atoms with Gasteiger partial charge in [-0.15, -0.1) is 0 Å². The summed E-state index contributed by atoms with van der Waals surface area (Å²) in [6, 6.07) is -0.741. The van der Waals surface area contributed by atoms with Crippen LogP contribution >= 0.6 is 0 Å². The molecule has 0 aromatic rings. The van der Waals surface area contributed by atoms with Gasteiger partial charge < -0.3 is 34.6 Å². The fourth-order valence-corrected chi connectivity index (χ4v) is 2.80. The first-order valence-electron chi connectivity index (χ1n) is 9.69. The molecule has 0 spiro atoms. The number of alkyl carbamates (subject to hydrolysis) is 2. The first-order chi connectivity index (χ1) is 13.8. The third-order valence-corrected chi connectivity index (χ3v) is 4.34. The van der Waals surface area contributed by atoms with Crippen LogP contribution in [0.5, 0.6) is 0 Å². The number of rotatable bonds is 8. The van der Waals surface area contributed by atoms with Crippen molar-refractivity contribution >= 4 is 24.2 Å². The SMILES string of the molecule is COC(=O)NCCCCC(NC(=O)OC)C(=O)N1CCN(C(=O)OC(C)C)CC1. The van der Waals surface area contributed by atoms with Crippen LogP contribution in [-0.2, 0) is 19.0 Å². The van der Waals surface area contributed by atoms with E-state index in [1.165, 1.54) is 14.2 Å². The van der Waals surface area contributed by atoms with Gasteiger partial charge in [0.25, 0.3) is 0 Å². The molecule has 1 fully saturated rings. The second-order valence-corrected chi connectivity index (χ2v) is 6.85. The summed E-state index contributed by atoms with van der Waals surface area (Å²) in [5.74, 6) is -0.229. The van der Waals surface area contributed by atoms with Gasteiger partial charge in [0, 0.05) is 32.7 Å². The smallest absolute Gasteiger partial charge is 0.410 e. The summed E-state index contributed by atoms with van der Waals surface area (Å²) in [6.45, 7) is 5.41. The average molecular weight is 416 g/mol. The maximum absolute atomic E-state index is 12.9. The van der Waals surface area contributed by atoms with E-state index in [2.05, 4.69) is 20.1 Å². The van der Waals surface area contributed by atoms with E-state index < -0.39 is 24.3 Å². The van der Waals surface area contributed by atoms with Gasteiger partial charge in [0.1, 0.15) is 6.04 Å². The maximum Gasteiger partial charge on any atom is 0.410 e. The molecule has 2 N–H and O–H groups in total. The van der Waals surface area contributed by atoms with E-state index in [0.717, 1.165) is 0 Å². The summed E-state index contributed by atoms with van der Waals surface area (Å²) >= 11 is 0. The predicted molar refractivity (Wildman–Crippen MR) is 103 cm³/mol. The van der Waals surface area contributed by atoms with Crippen LogP contribution in [0.4, 0.5) is 14.4 Å². The Kier molecular flexibility index (Phi) is 10.6. The van der Waals surface area contributed by atoms with Crippen molar-refractivity contribution in [2.75, 3.05) is 46.9 Å². The minimum absolute atomic E-state index is 0.204. The van der Waals surface area contributed by atoms with E-state index in [1.54, 1.807) is 23.6 Å². The molecule has 166 valence electrons. The molecule has 1 aliphatic rings. The minimum Gasteiger partial charge on any atom is -0.453 e. The van der Waals surface area contributed by atoms with Gasteiger partial charge in [-0.3, -0.25) is 4.79 Å². The molecule has 0 saturated carbocycles. The first kappa shape index (κ1) is 24.3. The predicted octanol–water partition coefficient (Wildman–Crippen LogP) is 0.927. The zero-order valence-electron chi connectivity index (χ0n) is 17.6. The zero-order valence-corrected chi connectivity index (χ0v) is 17.6. The number of ether oxygens (including phenoxy) is 3. The van der Waals surface area contributed by atoms with Crippen molar-refractivity contribution in [1.82, 2.24) is 20.4 Å². The van der Waals surface area contributed by atoms with Crippen molar-refractivity contribution in [2.24, 2.45) is 0 Å². The van der Waals surface area contributed by atoms with Crippen LogP contribution in [0.3, 0.4) is 0 Å². The largest absolute Gasteiger partial charge is 0.453 e. The highest BCUT2D eigenvalue weighted by atomic mass is 16.6. The molecule has 1 unspecified atom stereocenters. The summed E-state index contributed by atoms with van der Waals surface area (Å²) in [6.07, 6.45) is -0.179. The first-order valence-corrected chi connectivity index (χ1v) is 9.69. The number of carbonyl (C=O) groups is 4. The van der Waals surface area contributed by atoms with Crippen LogP contribution in [0.15, 0.2) is 0 Å². The number of amides is 4. The van der Waals surface area contributed by atoms with Gasteiger partial charge in [-0.25, -0.2) is 14.4 Å². The number of nitrogens with one attached hydrogen (secondary N) is 2. The molecule has 11 nitrogen and oxygen atoms in total. The Morgan fingerprint density at radius 3 is 2.03 bits per heavy atom. The molecule has 1 aliphatic heterocycles. The third kappa shape index (κ3) is 8.88. The number of nitrogens with zero attached hydrogens (tertiary/aromatic N) is 2. The summed E-state index contributed by atoms with van der Waals surface area (Å²) in [5.41, 5.74) is 0. The molecule has 1 rings (SSSR count). The third-order valence-electron chi connectivity index (χ3n) is 4.34. The van der Waals surface area contributed by atoms with Crippen LogP contribution in [0, 0.1) is 0 Å². The molecule has 1 atom stereocenters. The van der Waals surface area contributed by atoms with E-state index >= 15 is 0 Å². The number of hydrogen-bond acceptors (Lipinski definition) is 7. The number of methoxy groups -OCH3 is 2. The van der Waals surface area contributed by atoms with Crippen molar-refractivity contribution in [3.63, 3.8) is 0 Å². The van der Waals surface area contributed by atoms with Crippen molar-refractivity contribution in [3.8, 4) is 0 Å². The standard InChI is InChI=1S/C18H32N4O7/c1-13(2)29-18(26)22-11-9-21(10-12-22)15(23)14(20-17(25)28-4)7-5-6-8-19-16(24)27-3/h13-14H,5-12H2,1-4H3,(H,19,24)(H,20,25). The maximum atomic E-state index is 12.9. The Labute approximate surface area is 171 Å². The molecule has 1 heterocycles. The quantitative estimate of drug-likeness (QED) is 0.445. The average Bonchev–Trinajstić information content (AvgIpc) is 2.71. The Morgan fingerprint density at radius 1 is 0.897 bits per heavy atom. The summed E-state index contributed by atoms with van der Waals surface area (Å²) in [4.78, 5) is 50.7. The minimum atomic E-state index is -0.741. The summed E-state index contributed by atoms with van der Waals surface area (Å²) in [7, 11) is 2.52. The number of hydrogen-bond donors (Lipinski definition) is 2. The van der Waals surface area contributed by atoms with Gasteiger partial charge in [0.2, 0.25) is 5.91 Å². The molecule has 1 saturated heterocycles. The van der Waals surface area contributed by atoms with E-state index in [9.17, 15) is 19.2 Å². The lowest BCUT2D eigenvalue weighted by atomic mass is 10.1. The van der Waals surface area contributed by atoms with Gasteiger partial charge in [0.15, 0.2) is 0 Å². The van der Waals surface area contributed by atoms with E-state index in [-0.39, 0.29) is 12.0 Å². The molecule has 0 aromatic heterocycles. The second kappa shape index (κ2) is 12.7. The molecule has 29 heavy (non-hydrogen) atoms. The Hall–Kier alpha value is -2.72. The van der Waals surface area contributed by atoms with Gasteiger partial charge in [-0.05, 0) is 33.1 Å². The molecular weight excluding hydrogens is 384 g/mol. The molecule has 0 aliphatic carbocycles. The van der Waals surface area contributed by atoms with Gasteiger partial charge in [-0.2, -0.15) is 0 Å². The molecule has 0 bridgehead atoms. The normalized spacial score (nSPS) is 14.8. The lowest BCUT2D eigenvalue weighted by Gasteiger charge is -2.36. The fraction of sp³-hybridized carbons (Fsp3) is 0.778. The highest BCUT2D eigenvalue weighted by molar-refractivity contribution is 5.86. The Morgan fingerprint density at radius 2 is 1.48 bits per heavy atom. The monoisotopic (exact) mass is 416 g/mol. The van der Waals surface area contributed by atoms with E-state index in [1.807, 2.05) is 0 Å². The van der Waals surface area contributed by atoms with Gasteiger partial charge in [0.05, 0.1) is 20.3 Å². The zero-order chi connectivity index (χ0) is 21.8. The van der Waals surface area contributed by atoms with Crippen LogP contribution in [0.25, 0.3) is 0 Å². The number of carbonyl (C=O) groups excluding carboxylic acids is 4. The van der Waals surface area contributed by atoms with Gasteiger partial charge in [-0.1, -0.05) is 0 Å². The molecule has 0 aromatic carbocycles. The highest BCUT2D eigenvalue weighted by Crippen LogP contribution is 2.10. The molecule has 0 radical (unpaired) electrons. The lowest BCUT2D eigenvalue weighted by molar-refractivity contribution is -0.135. The Balaban J connectivity index is 2.53. The van der Waals surface area contributed by atoms with Crippen LogP contribution in [0.2, 0.25) is 0 Å². The highest BCUT2D eigenvalue weighted by Gasteiger charge is 2.30. The summed E-state index contributed by atoms with van der Waals surface area (Å²) < 4.78 is 14.3. The van der Waals surface area contributed by atoms with Crippen LogP contribution in [0.1, 0.15) is 33.1 Å². The van der Waals surface area contributed by atoms with Crippen molar-refractivity contribution < 1.29 is 33.4 Å². The molecule has 11 heteroatoms. The fourth-order valence-electron chi connectivity index (χ4n) is 2.80. The van der Waals surface area contributed by atoms with E-state index in [0.29, 0.717) is 52.0 Å². The topological polar surface area (TPSA) is 127 Å². The number of unbranched alkanes of at least 4 members (excludes halogenated alkanes) is 1. The van der Waals surface area contributed by atoms with Crippen molar-refractivity contribution in [1.29, 1.82) is 0 Å². The van der Waals surface area contributed by atoms with E-state index in [4.69, 9.17) is 4.74 Å². The number of piperazine rings is 1.